The average Bonchev–Trinajstić information content (AvgIpc) is 3.12. The van der Waals surface area contributed by atoms with E-state index in [-0.39, 0.29) is 25.6 Å². The molecule has 172 valence electrons. The number of fused-ring (bicyclic) bond motifs is 1. The minimum Gasteiger partial charge on any atom is -0.466 e. The highest BCUT2D eigenvalue weighted by molar-refractivity contribution is 5.82. The van der Waals surface area contributed by atoms with Gasteiger partial charge in [-0.3, -0.25) is 4.79 Å². The molecule has 0 bridgehead atoms. The zero-order chi connectivity index (χ0) is 22.3. The van der Waals surface area contributed by atoms with Gasteiger partial charge in [0.05, 0.1) is 25.7 Å². The molecule has 2 aliphatic rings. The molecule has 5 atom stereocenters. The van der Waals surface area contributed by atoms with Gasteiger partial charge >= 0.3 is 11.9 Å². The zero-order valence-electron chi connectivity index (χ0n) is 18.8. The molecule has 2 fully saturated rings. The van der Waals surface area contributed by atoms with Gasteiger partial charge in [-0.25, -0.2) is 4.79 Å². The maximum atomic E-state index is 12.3. The summed E-state index contributed by atoms with van der Waals surface area (Å²) in [5, 5.41) is 3.29. The van der Waals surface area contributed by atoms with E-state index in [1.54, 1.807) is 21.0 Å². The smallest absolute Gasteiger partial charge is 0.332 e. The van der Waals surface area contributed by atoms with Crippen molar-refractivity contribution in [2.75, 3.05) is 20.3 Å². The number of ether oxygens (including phenoxy) is 6. The summed E-state index contributed by atoms with van der Waals surface area (Å²) in [4.78, 5) is 24.3. The van der Waals surface area contributed by atoms with Crippen molar-refractivity contribution in [2.45, 2.75) is 90.3 Å². The lowest BCUT2D eigenvalue weighted by Crippen LogP contribution is -2.49. The molecule has 30 heavy (non-hydrogen) atoms. The van der Waals surface area contributed by atoms with Gasteiger partial charge in [-0.2, -0.15) is 0 Å². The molecule has 0 spiro atoms. The minimum absolute atomic E-state index is 0.0328. The van der Waals surface area contributed by atoms with Gasteiger partial charge < -0.3 is 33.7 Å². The van der Waals surface area contributed by atoms with E-state index in [1.807, 2.05) is 20.8 Å². The fourth-order valence-corrected chi connectivity index (χ4v) is 3.76. The minimum atomic E-state index is -0.779. The molecule has 2 unspecified atom stereocenters. The Morgan fingerprint density at radius 1 is 1.13 bits per heavy atom. The maximum Gasteiger partial charge on any atom is 0.332 e. The molecule has 0 radical (unpaired) electrons. The first-order valence-corrected chi connectivity index (χ1v) is 10.6. The molecular formula is C21H35NO8. The second kappa shape index (κ2) is 11.1. The average molecular weight is 430 g/mol. The van der Waals surface area contributed by atoms with Crippen LogP contribution in [-0.2, 0) is 38.0 Å². The highest BCUT2D eigenvalue weighted by atomic mass is 16.8. The first-order valence-electron chi connectivity index (χ1n) is 10.6. The van der Waals surface area contributed by atoms with Crippen LogP contribution in [0.15, 0.2) is 11.8 Å². The summed E-state index contributed by atoms with van der Waals surface area (Å²) in [6.07, 6.45) is 0.812. The summed E-state index contributed by atoms with van der Waals surface area (Å²) >= 11 is 0. The van der Waals surface area contributed by atoms with Crippen LogP contribution in [0.3, 0.4) is 0 Å². The molecule has 2 aliphatic heterocycles. The molecule has 0 aromatic carbocycles. The summed E-state index contributed by atoms with van der Waals surface area (Å²) in [7, 11) is 1.57. The summed E-state index contributed by atoms with van der Waals surface area (Å²) < 4.78 is 33.7. The second-order valence-electron chi connectivity index (χ2n) is 7.70. The predicted octanol–water partition coefficient (Wildman–Crippen LogP) is 2.04. The van der Waals surface area contributed by atoms with Gasteiger partial charge in [0.15, 0.2) is 12.1 Å². The second-order valence-corrected chi connectivity index (χ2v) is 7.70. The van der Waals surface area contributed by atoms with Crippen LogP contribution >= 0.6 is 0 Å². The van der Waals surface area contributed by atoms with Crippen molar-refractivity contribution >= 4 is 11.9 Å². The molecule has 0 saturated carbocycles. The Labute approximate surface area is 178 Å². The number of carbonyl (C=O) groups is 2. The number of carbonyl (C=O) groups excluding carboxylic acids is 2. The van der Waals surface area contributed by atoms with Crippen molar-refractivity contribution in [2.24, 2.45) is 0 Å². The quantitative estimate of drug-likeness (QED) is 0.390. The number of nitrogens with one attached hydrogen (secondary N) is 1. The van der Waals surface area contributed by atoms with Crippen molar-refractivity contribution in [3.05, 3.63) is 11.8 Å². The van der Waals surface area contributed by atoms with Gasteiger partial charge in [-0.1, -0.05) is 13.3 Å². The highest BCUT2D eigenvalue weighted by Crippen LogP contribution is 2.40. The molecule has 0 aliphatic carbocycles. The Morgan fingerprint density at radius 3 is 2.43 bits per heavy atom. The van der Waals surface area contributed by atoms with E-state index in [2.05, 4.69) is 5.32 Å². The van der Waals surface area contributed by atoms with Crippen LogP contribution in [0.5, 0.6) is 0 Å². The molecule has 0 amide bonds. The van der Waals surface area contributed by atoms with Gasteiger partial charge in [0.25, 0.3) is 0 Å². The van der Waals surface area contributed by atoms with Crippen LogP contribution in [0.1, 0.15) is 53.9 Å². The summed E-state index contributed by atoms with van der Waals surface area (Å²) in [5.41, 5.74) is 0.655. The van der Waals surface area contributed by atoms with Crippen molar-refractivity contribution in [1.29, 1.82) is 0 Å². The number of hydrogen-bond acceptors (Lipinski definition) is 9. The van der Waals surface area contributed by atoms with E-state index in [9.17, 15) is 9.59 Å². The van der Waals surface area contributed by atoms with Gasteiger partial charge in [0, 0.05) is 18.9 Å². The van der Waals surface area contributed by atoms with E-state index in [4.69, 9.17) is 28.4 Å². The van der Waals surface area contributed by atoms with E-state index < -0.39 is 42.4 Å². The van der Waals surface area contributed by atoms with E-state index >= 15 is 0 Å². The lowest BCUT2D eigenvalue weighted by atomic mass is 9.99. The first kappa shape index (κ1) is 24.6. The fourth-order valence-electron chi connectivity index (χ4n) is 3.76. The summed E-state index contributed by atoms with van der Waals surface area (Å²) in [6, 6.07) is -0.512. The monoisotopic (exact) mass is 429 g/mol. The van der Waals surface area contributed by atoms with Crippen molar-refractivity contribution in [1.82, 2.24) is 5.32 Å². The topological polar surface area (TPSA) is 102 Å². The van der Waals surface area contributed by atoms with Crippen LogP contribution < -0.4 is 5.32 Å². The predicted molar refractivity (Wildman–Crippen MR) is 107 cm³/mol. The zero-order valence-corrected chi connectivity index (χ0v) is 18.8. The maximum absolute atomic E-state index is 12.3. The number of rotatable bonds is 11. The molecule has 9 nitrogen and oxygen atoms in total. The lowest BCUT2D eigenvalue weighted by Gasteiger charge is -2.31. The SMILES string of the molecule is CCC/C(=C\C(=O)OCC)NC(CC(=O)OCC)C1O[C@@H]2OC(C)(C)O[C@@H]2[C@H]1OC. The number of allylic oxidation sites excluding steroid dienone is 1. The number of hydrogen-bond donors (Lipinski definition) is 1. The Kier molecular flexibility index (Phi) is 9.09. The van der Waals surface area contributed by atoms with Crippen molar-refractivity contribution in [3.8, 4) is 0 Å². The molecule has 2 saturated heterocycles. The lowest BCUT2D eigenvalue weighted by molar-refractivity contribution is -0.220. The molecule has 0 aromatic rings. The molecule has 9 heteroatoms. The number of esters is 2. The van der Waals surface area contributed by atoms with E-state index in [0.29, 0.717) is 12.1 Å². The highest BCUT2D eigenvalue weighted by Gasteiger charge is 2.57. The molecular weight excluding hydrogens is 394 g/mol. The van der Waals surface area contributed by atoms with Crippen LogP contribution in [0.2, 0.25) is 0 Å². The third-order valence-corrected chi connectivity index (χ3v) is 4.86. The van der Waals surface area contributed by atoms with E-state index in [1.165, 1.54) is 6.08 Å². The Hall–Kier alpha value is -1.68. The van der Waals surface area contributed by atoms with E-state index in [0.717, 1.165) is 6.42 Å². The van der Waals surface area contributed by atoms with Crippen LogP contribution in [0.25, 0.3) is 0 Å². The third-order valence-electron chi connectivity index (χ3n) is 4.86. The first-order chi connectivity index (χ1) is 14.2. The van der Waals surface area contributed by atoms with Crippen LogP contribution in [-0.4, -0.2) is 68.7 Å². The van der Waals surface area contributed by atoms with Crippen LogP contribution in [0.4, 0.5) is 0 Å². The van der Waals surface area contributed by atoms with Crippen LogP contribution in [0, 0.1) is 0 Å². The molecule has 2 heterocycles. The van der Waals surface area contributed by atoms with Gasteiger partial charge in [-0.05, 0) is 34.1 Å². The molecule has 0 aromatic heterocycles. The summed E-state index contributed by atoms with van der Waals surface area (Å²) in [5.74, 6) is -1.60. The molecule has 1 N–H and O–H groups in total. The van der Waals surface area contributed by atoms with Gasteiger partial charge in [0.2, 0.25) is 0 Å². The van der Waals surface area contributed by atoms with Crippen molar-refractivity contribution in [3.63, 3.8) is 0 Å². The Bertz CT molecular complexity index is 620. The largest absolute Gasteiger partial charge is 0.466 e. The number of methoxy groups -OCH3 is 1. The standard InChI is InChI=1S/C21H35NO8/c1-7-10-13(11-15(23)26-8-2)22-14(12-16(24)27-9-3)17-18(25-6)19-20(28-17)30-21(4,5)29-19/h11,14,17-20,22H,7-10,12H2,1-6H3/b13-11+/t14?,17?,18-,19+,20+/m0/s1. The van der Waals surface area contributed by atoms with Gasteiger partial charge in [-0.15, -0.1) is 0 Å². The summed E-state index contributed by atoms with van der Waals surface area (Å²) in [6.45, 7) is 9.68. The Morgan fingerprint density at radius 2 is 1.83 bits per heavy atom. The fraction of sp³-hybridized carbons (Fsp3) is 0.810. The van der Waals surface area contributed by atoms with Crippen molar-refractivity contribution < 1.29 is 38.0 Å². The third kappa shape index (κ3) is 6.41. The molecule has 2 rings (SSSR count). The van der Waals surface area contributed by atoms with Gasteiger partial charge in [0.1, 0.15) is 18.3 Å². The normalized spacial score (nSPS) is 28.7. The Balaban J connectivity index is 2.23.